The number of carbonyl (C=O) groups excluding carboxylic acids is 2. The van der Waals surface area contributed by atoms with Gasteiger partial charge in [0.15, 0.2) is 11.6 Å². The Hall–Kier alpha value is -2.68. The number of rotatable bonds is 8. The molecule has 1 aliphatic carbocycles. The van der Waals surface area contributed by atoms with Gasteiger partial charge >= 0.3 is 6.03 Å². The minimum absolute atomic E-state index is 0.0851. The summed E-state index contributed by atoms with van der Waals surface area (Å²) in [7, 11) is 0. The highest BCUT2D eigenvalue weighted by Gasteiger charge is 2.15. The standard InChI is InChI=1S/C20H25FN4O3S/c21-15-8-4-5-9-17(15)28-12-18-25-16(13-29-18)19(26)22-10-11-23-20(27)24-14-6-2-1-3-7-14/h4-5,8-9,13-14H,1-3,6-7,10-12H2,(H,22,26)(H2,23,24,27). The van der Waals surface area contributed by atoms with E-state index in [0.717, 1.165) is 25.7 Å². The van der Waals surface area contributed by atoms with E-state index in [9.17, 15) is 14.0 Å². The lowest BCUT2D eigenvalue weighted by Crippen LogP contribution is -2.45. The molecule has 1 aliphatic rings. The van der Waals surface area contributed by atoms with E-state index < -0.39 is 5.82 Å². The monoisotopic (exact) mass is 420 g/mol. The first-order valence-corrected chi connectivity index (χ1v) is 10.6. The highest BCUT2D eigenvalue weighted by atomic mass is 32.1. The van der Waals surface area contributed by atoms with Gasteiger partial charge in [-0.15, -0.1) is 11.3 Å². The van der Waals surface area contributed by atoms with Crippen molar-refractivity contribution in [3.05, 3.63) is 46.2 Å². The number of hydrogen-bond donors (Lipinski definition) is 3. The van der Waals surface area contributed by atoms with Crippen molar-refractivity contribution in [2.75, 3.05) is 13.1 Å². The predicted octanol–water partition coefficient (Wildman–Crippen LogP) is 3.22. The van der Waals surface area contributed by atoms with Crippen molar-refractivity contribution in [1.29, 1.82) is 0 Å². The van der Waals surface area contributed by atoms with Gasteiger partial charge in [-0.1, -0.05) is 31.4 Å². The number of benzene rings is 1. The summed E-state index contributed by atoms with van der Waals surface area (Å²) in [5, 5.41) is 10.6. The first kappa shape index (κ1) is 21.0. The van der Waals surface area contributed by atoms with Crippen LogP contribution in [0.1, 0.15) is 47.6 Å². The molecule has 1 saturated carbocycles. The maximum absolute atomic E-state index is 13.5. The average Bonchev–Trinajstić information content (AvgIpc) is 3.20. The van der Waals surface area contributed by atoms with Crippen molar-refractivity contribution in [3.8, 4) is 5.75 Å². The van der Waals surface area contributed by atoms with E-state index in [0.29, 0.717) is 18.1 Å². The molecule has 0 spiro atoms. The number of urea groups is 1. The highest BCUT2D eigenvalue weighted by Crippen LogP contribution is 2.19. The number of ether oxygens (including phenoxy) is 1. The normalized spacial score (nSPS) is 14.2. The Labute approximate surface area is 173 Å². The lowest BCUT2D eigenvalue weighted by molar-refractivity contribution is 0.0949. The Morgan fingerprint density at radius 3 is 2.69 bits per heavy atom. The lowest BCUT2D eigenvalue weighted by Gasteiger charge is -2.22. The Morgan fingerprint density at radius 2 is 1.90 bits per heavy atom. The summed E-state index contributed by atoms with van der Waals surface area (Å²) in [4.78, 5) is 28.2. The number of amides is 3. The zero-order valence-corrected chi connectivity index (χ0v) is 16.9. The van der Waals surface area contributed by atoms with Crippen LogP contribution in [0.4, 0.5) is 9.18 Å². The van der Waals surface area contributed by atoms with Gasteiger partial charge in [-0.2, -0.15) is 0 Å². The summed E-state index contributed by atoms with van der Waals surface area (Å²) >= 11 is 1.27. The van der Waals surface area contributed by atoms with Gasteiger partial charge in [0.1, 0.15) is 17.3 Å². The predicted molar refractivity (Wildman–Crippen MR) is 109 cm³/mol. The van der Waals surface area contributed by atoms with Crippen LogP contribution in [0.3, 0.4) is 0 Å². The van der Waals surface area contributed by atoms with E-state index in [4.69, 9.17) is 4.74 Å². The molecule has 7 nitrogen and oxygen atoms in total. The zero-order valence-electron chi connectivity index (χ0n) is 16.1. The molecule has 0 aliphatic heterocycles. The van der Waals surface area contributed by atoms with Gasteiger partial charge in [0.25, 0.3) is 5.91 Å². The number of para-hydroxylation sites is 1. The molecule has 0 radical (unpaired) electrons. The van der Waals surface area contributed by atoms with Crippen LogP contribution in [0, 0.1) is 5.82 Å². The van der Waals surface area contributed by atoms with Crippen molar-refractivity contribution in [2.45, 2.75) is 44.8 Å². The van der Waals surface area contributed by atoms with E-state index in [1.165, 1.54) is 29.9 Å². The summed E-state index contributed by atoms with van der Waals surface area (Å²) in [5.41, 5.74) is 0.272. The van der Waals surface area contributed by atoms with Gasteiger partial charge in [-0.05, 0) is 25.0 Å². The molecule has 0 bridgehead atoms. The minimum atomic E-state index is -0.443. The largest absolute Gasteiger partial charge is 0.483 e. The van der Waals surface area contributed by atoms with Crippen LogP contribution < -0.4 is 20.7 Å². The van der Waals surface area contributed by atoms with Crippen molar-refractivity contribution >= 4 is 23.3 Å². The fourth-order valence-corrected chi connectivity index (χ4v) is 3.79. The summed E-state index contributed by atoms with van der Waals surface area (Å²) in [5.74, 6) is -0.624. The SMILES string of the molecule is O=C(NCCNC(=O)c1csc(COc2ccccc2F)n1)NC1CCCCC1. The van der Waals surface area contributed by atoms with E-state index >= 15 is 0 Å². The van der Waals surface area contributed by atoms with Gasteiger partial charge in [-0.25, -0.2) is 14.2 Å². The second-order valence-corrected chi connectivity index (χ2v) is 7.78. The molecule has 156 valence electrons. The van der Waals surface area contributed by atoms with Crippen LogP contribution in [-0.4, -0.2) is 36.1 Å². The Morgan fingerprint density at radius 1 is 1.14 bits per heavy atom. The molecule has 1 fully saturated rings. The maximum atomic E-state index is 13.5. The smallest absolute Gasteiger partial charge is 0.315 e. The third kappa shape index (κ3) is 6.70. The number of nitrogens with one attached hydrogen (secondary N) is 3. The number of halogens is 1. The van der Waals surface area contributed by atoms with E-state index in [2.05, 4.69) is 20.9 Å². The second-order valence-electron chi connectivity index (χ2n) is 6.84. The molecular weight excluding hydrogens is 395 g/mol. The van der Waals surface area contributed by atoms with Gasteiger partial charge in [-0.3, -0.25) is 4.79 Å². The molecule has 1 aromatic heterocycles. The van der Waals surface area contributed by atoms with Crippen LogP contribution in [0.25, 0.3) is 0 Å². The van der Waals surface area contributed by atoms with E-state index in [-0.39, 0.29) is 36.0 Å². The molecule has 0 atom stereocenters. The van der Waals surface area contributed by atoms with Crippen LogP contribution in [0.5, 0.6) is 5.75 Å². The highest BCUT2D eigenvalue weighted by molar-refractivity contribution is 7.09. The maximum Gasteiger partial charge on any atom is 0.315 e. The lowest BCUT2D eigenvalue weighted by atomic mass is 9.96. The summed E-state index contributed by atoms with van der Waals surface area (Å²) in [6.07, 6.45) is 5.59. The third-order valence-electron chi connectivity index (χ3n) is 4.61. The number of carbonyl (C=O) groups is 2. The number of hydrogen-bond acceptors (Lipinski definition) is 5. The number of nitrogens with zero attached hydrogens (tertiary/aromatic N) is 1. The molecule has 29 heavy (non-hydrogen) atoms. The molecule has 2 aromatic rings. The van der Waals surface area contributed by atoms with Gasteiger partial charge in [0.05, 0.1) is 0 Å². The fraction of sp³-hybridized carbons (Fsp3) is 0.450. The van der Waals surface area contributed by atoms with Crippen molar-refractivity contribution in [1.82, 2.24) is 20.9 Å². The molecule has 0 unspecified atom stereocenters. The molecule has 3 rings (SSSR count). The first-order valence-electron chi connectivity index (χ1n) is 9.76. The van der Waals surface area contributed by atoms with Crippen molar-refractivity contribution in [2.24, 2.45) is 0 Å². The Balaban J connectivity index is 1.34. The zero-order chi connectivity index (χ0) is 20.5. The van der Waals surface area contributed by atoms with Crippen molar-refractivity contribution in [3.63, 3.8) is 0 Å². The molecular formula is C20H25FN4O3S. The van der Waals surface area contributed by atoms with Crippen LogP contribution in [0.2, 0.25) is 0 Å². The van der Waals surface area contributed by atoms with Gasteiger partial charge in [0.2, 0.25) is 0 Å². The average molecular weight is 421 g/mol. The topological polar surface area (TPSA) is 92.4 Å². The van der Waals surface area contributed by atoms with Crippen molar-refractivity contribution < 1.29 is 18.7 Å². The number of aromatic nitrogens is 1. The molecule has 1 aromatic carbocycles. The Bertz CT molecular complexity index is 824. The molecule has 3 N–H and O–H groups in total. The number of thiazole rings is 1. The van der Waals surface area contributed by atoms with Gasteiger partial charge in [0, 0.05) is 24.5 Å². The first-order chi connectivity index (χ1) is 14.1. The molecule has 3 amide bonds. The summed E-state index contributed by atoms with van der Waals surface area (Å²) in [6, 6.07) is 6.17. The fourth-order valence-electron chi connectivity index (χ4n) is 3.11. The summed E-state index contributed by atoms with van der Waals surface area (Å²) < 4.78 is 18.9. The van der Waals surface area contributed by atoms with E-state index in [1.807, 2.05) is 0 Å². The van der Waals surface area contributed by atoms with Crippen LogP contribution >= 0.6 is 11.3 Å². The minimum Gasteiger partial charge on any atom is -0.483 e. The quantitative estimate of drug-likeness (QED) is 0.572. The third-order valence-corrected chi connectivity index (χ3v) is 5.43. The van der Waals surface area contributed by atoms with Crippen LogP contribution in [-0.2, 0) is 6.61 Å². The summed E-state index contributed by atoms with van der Waals surface area (Å²) in [6.45, 7) is 0.717. The molecule has 9 heteroatoms. The van der Waals surface area contributed by atoms with E-state index in [1.54, 1.807) is 17.5 Å². The molecule has 1 heterocycles. The van der Waals surface area contributed by atoms with Crippen LogP contribution in [0.15, 0.2) is 29.6 Å². The Kier molecular flexibility index (Phi) is 7.80. The van der Waals surface area contributed by atoms with Gasteiger partial charge < -0.3 is 20.7 Å². The molecule has 0 saturated heterocycles. The second kappa shape index (κ2) is 10.8.